The molecule has 0 spiro atoms. The fourth-order valence-corrected chi connectivity index (χ4v) is 3.36. The Hall–Kier alpha value is -2.54. The molecule has 6 nitrogen and oxygen atoms in total. The number of carbonyl (C=O) groups is 1. The van der Waals surface area contributed by atoms with Gasteiger partial charge in [-0.25, -0.2) is 0 Å². The van der Waals surface area contributed by atoms with Gasteiger partial charge in [-0.2, -0.15) is 0 Å². The van der Waals surface area contributed by atoms with Crippen LogP contribution in [0.3, 0.4) is 0 Å². The van der Waals surface area contributed by atoms with Crippen LogP contribution in [-0.2, 0) is 4.79 Å². The number of amides is 1. The first-order valence-corrected chi connectivity index (χ1v) is 8.98. The predicted molar refractivity (Wildman–Crippen MR) is 92.9 cm³/mol. The molecule has 1 aliphatic rings. The molecule has 0 radical (unpaired) electrons. The van der Waals surface area contributed by atoms with Crippen LogP contribution in [0.1, 0.15) is 29.4 Å². The summed E-state index contributed by atoms with van der Waals surface area (Å²) in [5.41, 5.74) is 1.67. The number of hydrogen-bond acceptors (Lipinski definition) is 6. The Labute approximate surface area is 149 Å². The molecule has 25 heavy (non-hydrogen) atoms. The van der Waals surface area contributed by atoms with Gasteiger partial charge in [0.15, 0.2) is 0 Å². The second-order valence-corrected chi connectivity index (χ2v) is 7.01. The Kier molecular flexibility index (Phi) is 4.31. The number of nitrogens with zero attached hydrogens (tertiary/aromatic N) is 2. The molecule has 128 valence electrons. The van der Waals surface area contributed by atoms with Crippen molar-refractivity contribution >= 4 is 17.7 Å². The first kappa shape index (κ1) is 16.0. The van der Waals surface area contributed by atoms with E-state index in [-0.39, 0.29) is 5.91 Å². The van der Waals surface area contributed by atoms with Gasteiger partial charge in [0, 0.05) is 6.04 Å². The lowest BCUT2D eigenvalue weighted by molar-refractivity contribution is -0.120. The van der Waals surface area contributed by atoms with Crippen LogP contribution in [0, 0.1) is 6.92 Å². The second kappa shape index (κ2) is 6.76. The van der Waals surface area contributed by atoms with Crippen LogP contribution in [0.4, 0.5) is 0 Å². The van der Waals surface area contributed by atoms with Crippen molar-refractivity contribution in [2.24, 2.45) is 0 Å². The summed E-state index contributed by atoms with van der Waals surface area (Å²) in [6.45, 7) is 1.84. The molecule has 1 saturated carbocycles. The van der Waals surface area contributed by atoms with Gasteiger partial charge in [0.1, 0.15) is 11.0 Å². The monoisotopic (exact) mass is 355 g/mol. The Morgan fingerprint density at radius 1 is 1.24 bits per heavy atom. The van der Waals surface area contributed by atoms with E-state index in [9.17, 15) is 4.79 Å². The Bertz CT molecular complexity index is 871. The minimum Gasteiger partial charge on any atom is -0.469 e. The van der Waals surface area contributed by atoms with Gasteiger partial charge in [-0.05, 0) is 43.2 Å². The summed E-state index contributed by atoms with van der Waals surface area (Å²) in [5.74, 6) is 1.08. The third kappa shape index (κ3) is 3.61. The largest absolute Gasteiger partial charge is 0.469 e. The van der Waals surface area contributed by atoms with E-state index in [4.69, 9.17) is 8.83 Å². The van der Waals surface area contributed by atoms with Crippen molar-refractivity contribution in [2.75, 3.05) is 0 Å². The lowest BCUT2D eigenvalue weighted by Gasteiger charge is -2.14. The molecule has 1 atom stereocenters. The smallest absolute Gasteiger partial charge is 0.277 e. The zero-order chi connectivity index (χ0) is 17.2. The van der Waals surface area contributed by atoms with E-state index in [0.717, 1.165) is 24.0 Å². The molecule has 1 aromatic carbocycles. The maximum Gasteiger partial charge on any atom is 0.277 e. The number of benzene rings is 1. The molecule has 4 rings (SSSR count). The first-order chi connectivity index (χ1) is 12.2. The lowest BCUT2D eigenvalue weighted by Crippen LogP contribution is -2.29. The third-order valence-corrected chi connectivity index (χ3v) is 5.07. The van der Waals surface area contributed by atoms with Crippen molar-refractivity contribution in [3.05, 3.63) is 54.0 Å². The standard InChI is InChI=1S/C18H17N3O3S/c1-11-14(9-10-23-11)17-20-21-18(24-17)25-15(12-5-3-2-4-6-12)16(22)19-13-7-8-13/h2-6,9-10,13,15H,7-8H2,1H3,(H,19,22)/t15-/m1/s1. The molecule has 0 saturated heterocycles. The van der Waals surface area contributed by atoms with Gasteiger partial charge in [0.05, 0.1) is 11.8 Å². The van der Waals surface area contributed by atoms with Crippen molar-refractivity contribution in [3.8, 4) is 11.5 Å². The molecule has 1 amide bonds. The Morgan fingerprint density at radius 3 is 2.72 bits per heavy atom. The quantitative estimate of drug-likeness (QED) is 0.678. The fraction of sp³-hybridized carbons (Fsp3) is 0.278. The van der Waals surface area contributed by atoms with Gasteiger partial charge in [0.2, 0.25) is 5.91 Å². The van der Waals surface area contributed by atoms with Gasteiger partial charge in [-0.3, -0.25) is 4.79 Å². The number of aryl methyl sites for hydroxylation is 1. The summed E-state index contributed by atoms with van der Waals surface area (Å²) in [6.07, 6.45) is 3.67. The van der Waals surface area contributed by atoms with E-state index in [1.807, 2.05) is 37.3 Å². The van der Waals surface area contributed by atoms with Gasteiger partial charge < -0.3 is 14.2 Å². The molecule has 3 aromatic rings. The van der Waals surface area contributed by atoms with Crippen molar-refractivity contribution in [2.45, 2.75) is 36.3 Å². The molecule has 2 aromatic heterocycles. The molecule has 1 fully saturated rings. The highest BCUT2D eigenvalue weighted by Crippen LogP contribution is 2.37. The third-order valence-electron chi connectivity index (χ3n) is 3.98. The topological polar surface area (TPSA) is 81.2 Å². The average Bonchev–Trinajstić information content (AvgIpc) is 3.14. The summed E-state index contributed by atoms with van der Waals surface area (Å²) < 4.78 is 11.0. The van der Waals surface area contributed by atoms with E-state index < -0.39 is 5.25 Å². The van der Waals surface area contributed by atoms with Crippen LogP contribution in [0.25, 0.3) is 11.5 Å². The second-order valence-electron chi connectivity index (χ2n) is 5.96. The highest BCUT2D eigenvalue weighted by molar-refractivity contribution is 8.00. The maximum atomic E-state index is 12.7. The van der Waals surface area contributed by atoms with Gasteiger partial charge in [-0.15, -0.1) is 10.2 Å². The minimum atomic E-state index is -0.430. The molecule has 1 aliphatic carbocycles. The summed E-state index contributed by atoms with van der Waals surface area (Å²) >= 11 is 1.26. The molecular formula is C18H17N3O3S. The molecule has 0 aliphatic heterocycles. The Balaban J connectivity index is 1.57. The normalized spacial score (nSPS) is 15.1. The number of nitrogens with one attached hydrogen (secondary N) is 1. The van der Waals surface area contributed by atoms with Gasteiger partial charge >= 0.3 is 0 Å². The van der Waals surface area contributed by atoms with Crippen LogP contribution >= 0.6 is 11.8 Å². The van der Waals surface area contributed by atoms with Crippen LogP contribution < -0.4 is 5.32 Å². The van der Waals surface area contributed by atoms with Gasteiger partial charge in [-0.1, -0.05) is 30.3 Å². The average molecular weight is 355 g/mol. The van der Waals surface area contributed by atoms with Crippen molar-refractivity contribution in [3.63, 3.8) is 0 Å². The number of thioether (sulfide) groups is 1. The number of furan rings is 1. The van der Waals surface area contributed by atoms with E-state index in [1.165, 1.54) is 11.8 Å². The molecule has 2 heterocycles. The molecule has 1 N–H and O–H groups in total. The highest BCUT2D eigenvalue weighted by Gasteiger charge is 2.30. The lowest BCUT2D eigenvalue weighted by atomic mass is 10.1. The summed E-state index contributed by atoms with van der Waals surface area (Å²) in [7, 11) is 0. The summed E-state index contributed by atoms with van der Waals surface area (Å²) in [5, 5.41) is 11.1. The van der Waals surface area contributed by atoms with E-state index in [0.29, 0.717) is 22.9 Å². The van der Waals surface area contributed by atoms with Gasteiger partial charge in [0.25, 0.3) is 11.1 Å². The van der Waals surface area contributed by atoms with E-state index >= 15 is 0 Å². The molecule has 0 unspecified atom stereocenters. The highest BCUT2D eigenvalue weighted by atomic mass is 32.2. The number of hydrogen-bond donors (Lipinski definition) is 1. The van der Waals surface area contributed by atoms with Crippen LogP contribution in [-0.4, -0.2) is 22.1 Å². The maximum absolute atomic E-state index is 12.7. The summed E-state index contributed by atoms with van der Waals surface area (Å²) in [6, 6.07) is 11.7. The molecule has 7 heteroatoms. The van der Waals surface area contributed by atoms with Crippen LogP contribution in [0.5, 0.6) is 0 Å². The molecular weight excluding hydrogens is 338 g/mol. The van der Waals surface area contributed by atoms with Crippen LogP contribution in [0.2, 0.25) is 0 Å². The fourth-order valence-electron chi connectivity index (χ4n) is 2.48. The number of aromatic nitrogens is 2. The SMILES string of the molecule is Cc1occc1-c1nnc(S[C@@H](C(=O)NC2CC2)c2ccccc2)o1. The van der Waals surface area contributed by atoms with Crippen molar-refractivity contribution in [1.29, 1.82) is 0 Å². The van der Waals surface area contributed by atoms with Crippen molar-refractivity contribution in [1.82, 2.24) is 15.5 Å². The molecule has 0 bridgehead atoms. The number of carbonyl (C=O) groups excluding carboxylic acids is 1. The zero-order valence-electron chi connectivity index (χ0n) is 13.6. The zero-order valence-corrected chi connectivity index (χ0v) is 14.5. The van der Waals surface area contributed by atoms with Crippen molar-refractivity contribution < 1.29 is 13.6 Å². The first-order valence-electron chi connectivity index (χ1n) is 8.10. The summed E-state index contributed by atoms with van der Waals surface area (Å²) in [4.78, 5) is 12.7. The number of rotatable bonds is 6. The predicted octanol–water partition coefficient (Wildman–Crippen LogP) is 3.75. The minimum absolute atomic E-state index is 0.0297. The van der Waals surface area contributed by atoms with E-state index in [2.05, 4.69) is 15.5 Å². The van der Waals surface area contributed by atoms with Crippen LogP contribution in [0.15, 0.2) is 56.7 Å². The Morgan fingerprint density at radius 2 is 2.04 bits per heavy atom. The van der Waals surface area contributed by atoms with E-state index in [1.54, 1.807) is 12.3 Å².